The molecule has 1 aromatic heterocycles. The lowest BCUT2D eigenvalue weighted by molar-refractivity contribution is 0.0754. The predicted molar refractivity (Wildman–Crippen MR) is 64.6 cm³/mol. The van der Waals surface area contributed by atoms with Crippen LogP contribution in [0.2, 0.25) is 0 Å². The highest BCUT2D eigenvalue weighted by molar-refractivity contribution is 5.92. The van der Waals surface area contributed by atoms with E-state index in [2.05, 4.69) is 10.3 Å². The molecule has 18 heavy (non-hydrogen) atoms. The molecule has 1 aliphatic carbocycles. The number of carbonyl (C=O) groups excluding carboxylic acids is 1. The van der Waals surface area contributed by atoms with Gasteiger partial charge < -0.3 is 10.4 Å². The van der Waals surface area contributed by atoms with Gasteiger partial charge in [-0.1, -0.05) is 19.3 Å². The third-order valence-corrected chi connectivity index (χ3v) is 3.45. The number of hydrogen-bond donors (Lipinski definition) is 2. The molecule has 0 saturated heterocycles. The van der Waals surface area contributed by atoms with Gasteiger partial charge in [0, 0.05) is 0 Å². The molecule has 1 amide bonds. The Bertz CT molecular complexity index is 414. The summed E-state index contributed by atoms with van der Waals surface area (Å²) in [5.41, 5.74) is -0.361. The summed E-state index contributed by atoms with van der Waals surface area (Å²) in [6.07, 6.45) is 5.69. The Morgan fingerprint density at radius 1 is 1.39 bits per heavy atom. The summed E-state index contributed by atoms with van der Waals surface area (Å²) < 4.78 is 12.7. The van der Waals surface area contributed by atoms with Crippen molar-refractivity contribution in [3.8, 4) is 0 Å². The van der Waals surface area contributed by atoms with Crippen LogP contribution in [0.3, 0.4) is 0 Å². The number of nitrogens with one attached hydrogen (secondary N) is 1. The van der Waals surface area contributed by atoms with Crippen LogP contribution in [0.5, 0.6) is 0 Å². The molecule has 0 aromatic carbocycles. The number of amides is 1. The number of hydrogen-bond acceptors (Lipinski definition) is 3. The molecule has 0 radical (unpaired) electrons. The molecule has 0 atom stereocenters. The van der Waals surface area contributed by atoms with Crippen molar-refractivity contribution < 1.29 is 14.3 Å². The Morgan fingerprint density at radius 3 is 2.67 bits per heavy atom. The summed E-state index contributed by atoms with van der Waals surface area (Å²) in [4.78, 5) is 15.7. The van der Waals surface area contributed by atoms with Crippen molar-refractivity contribution in [2.45, 2.75) is 37.6 Å². The maximum absolute atomic E-state index is 12.7. The summed E-state index contributed by atoms with van der Waals surface area (Å²) in [6, 6.07) is 2.55. The first-order chi connectivity index (χ1) is 8.65. The van der Waals surface area contributed by atoms with Gasteiger partial charge in [0.25, 0.3) is 5.91 Å². The average Bonchev–Trinajstić information content (AvgIpc) is 2.40. The van der Waals surface area contributed by atoms with Crippen molar-refractivity contribution in [2.75, 3.05) is 6.61 Å². The van der Waals surface area contributed by atoms with Crippen LogP contribution < -0.4 is 5.32 Å². The largest absolute Gasteiger partial charge is 0.394 e. The maximum atomic E-state index is 12.7. The summed E-state index contributed by atoms with van der Waals surface area (Å²) in [6.45, 7) is -0.0695. The van der Waals surface area contributed by atoms with Crippen molar-refractivity contribution in [3.05, 3.63) is 29.8 Å². The van der Waals surface area contributed by atoms with Gasteiger partial charge in [-0.3, -0.25) is 4.79 Å². The van der Waals surface area contributed by atoms with Crippen molar-refractivity contribution >= 4 is 5.91 Å². The number of halogens is 1. The van der Waals surface area contributed by atoms with Crippen molar-refractivity contribution in [1.82, 2.24) is 10.3 Å². The Balaban J connectivity index is 2.07. The first-order valence-corrected chi connectivity index (χ1v) is 6.20. The number of aromatic nitrogens is 1. The second kappa shape index (κ2) is 5.44. The third kappa shape index (κ3) is 2.85. The van der Waals surface area contributed by atoms with E-state index in [1.807, 2.05) is 0 Å². The van der Waals surface area contributed by atoms with E-state index >= 15 is 0 Å². The number of aliphatic hydroxyl groups is 1. The van der Waals surface area contributed by atoms with Crippen molar-refractivity contribution in [1.29, 1.82) is 0 Å². The van der Waals surface area contributed by atoms with Crippen LogP contribution in [0.15, 0.2) is 18.3 Å². The Hall–Kier alpha value is -1.49. The number of carbonyl (C=O) groups is 1. The maximum Gasteiger partial charge on any atom is 0.270 e. The highest BCUT2D eigenvalue weighted by atomic mass is 19.1. The van der Waals surface area contributed by atoms with Gasteiger partial charge in [0.15, 0.2) is 0 Å². The molecule has 1 heterocycles. The fourth-order valence-corrected chi connectivity index (χ4v) is 2.37. The number of rotatable bonds is 3. The molecule has 1 fully saturated rings. The predicted octanol–water partition coefficient (Wildman–Crippen LogP) is 1.65. The van der Waals surface area contributed by atoms with Crippen LogP contribution in [-0.4, -0.2) is 28.1 Å². The fraction of sp³-hybridized carbons (Fsp3) is 0.538. The molecule has 5 heteroatoms. The van der Waals surface area contributed by atoms with E-state index in [4.69, 9.17) is 0 Å². The molecular formula is C13H17FN2O2. The van der Waals surface area contributed by atoms with E-state index in [9.17, 15) is 14.3 Å². The third-order valence-electron chi connectivity index (χ3n) is 3.45. The van der Waals surface area contributed by atoms with Crippen LogP contribution >= 0.6 is 0 Å². The van der Waals surface area contributed by atoms with E-state index < -0.39 is 11.4 Å². The molecule has 4 nitrogen and oxygen atoms in total. The van der Waals surface area contributed by atoms with Crippen LogP contribution in [0.25, 0.3) is 0 Å². The lowest BCUT2D eigenvalue weighted by atomic mass is 9.82. The van der Waals surface area contributed by atoms with Gasteiger partial charge in [-0.05, 0) is 25.0 Å². The van der Waals surface area contributed by atoms with Gasteiger partial charge in [-0.15, -0.1) is 0 Å². The zero-order valence-corrected chi connectivity index (χ0v) is 10.2. The van der Waals surface area contributed by atoms with Gasteiger partial charge in [-0.25, -0.2) is 9.37 Å². The lowest BCUT2D eigenvalue weighted by Crippen LogP contribution is -2.52. The minimum atomic E-state index is -0.536. The molecule has 0 bridgehead atoms. The molecule has 98 valence electrons. The van der Waals surface area contributed by atoms with E-state index in [-0.39, 0.29) is 18.2 Å². The number of pyridine rings is 1. The zero-order valence-electron chi connectivity index (χ0n) is 10.2. The minimum absolute atomic E-state index is 0.0695. The molecule has 0 spiro atoms. The SMILES string of the molecule is O=C(NC1(CO)CCCCC1)c1ccc(F)cn1. The Labute approximate surface area is 105 Å². The van der Waals surface area contributed by atoms with Crippen molar-refractivity contribution in [3.63, 3.8) is 0 Å². The summed E-state index contributed by atoms with van der Waals surface area (Å²) >= 11 is 0. The van der Waals surface area contributed by atoms with Gasteiger partial charge in [-0.2, -0.15) is 0 Å². The lowest BCUT2D eigenvalue weighted by Gasteiger charge is -2.36. The van der Waals surface area contributed by atoms with Crippen LogP contribution in [-0.2, 0) is 0 Å². The molecule has 0 aliphatic heterocycles. The van der Waals surface area contributed by atoms with Gasteiger partial charge in [0.05, 0.1) is 18.3 Å². The average molecular weight is 252 g/mol. The fourth-order valence-electron chi connectivity index (χ4n) is 2.37. The van der Waals surface area contributed by atoms with Crippen molar-refractivity contribution in [2.24, 2.45) is 0 Å². The Morgan fingerprint density at radius 2 is 2.11 bits per heavy atom. The smallest absolute Gasteiger partial charge is 0.270 e. The van der Waals surface area contributed by atoms with Gasteiger partial charge in [0.1, 0.15) is 11.5 Å². The molecule has 2 N–H and O–H groups in total. The molecular weight excluding hydrogens is 235 g/mol. The molecule has 1 aromatic rings. The van der Waals surface area contributed by atoms with E-state index in [1.54, 1.807) is 0 Å². The van der Waals surface area contributed by atoms with Crippen LogP contribution in [0.1, 0.15) is 42.6 Å². The standard InChI is InChI=1S/C13H17FN2O2/c14-10-4-5-11(15-8-10)12(18)16-13(9-17)6-2-1-3-7-13/h4-5,8,17H,1-3,6-7,9H2,(H,16,18). The van der Waals surface area contributed by atoms with E-state index in [1.165, 1.54) is 12.1 Å². The molecule has 1 saturated carbocycles. The topological polar surface area (TPSA) is 62.2 Å². The van der Waals surface area contributed by atoms with E-state index in [0.717, 1.165) is 38.3 Å². The molecule has 1 aliphatic rings. The zero-order chi connectivity index (χ0) is 13.0. The molecule has 2 rings (SSSR count). The van der Waals surface area contributed by atoms with Crippen LogP contribution in [0.4, 0.5) is 4.39 Å². The second-order valence-corrected chi connectivity index (χ2v) is 4.81. The summed E-state index contributed by atoms with van der Waals surface area (Å²) in [5, 5.41) is 12.3. The Kier molecular flexibility index (Phi) is 3.91. The first-order valence-electron chi connectivity index (χ1n) is 6.20. The number of nitrogens with zero attached hydrogens (tertiary/aromatic N) is 1. The summed E-state index contributed by atoms with van der Waals surface area (Å²) in [5.74, 6) is -0.827. The normalized spacial score (nSPS) is 18.3. The highest BCUT2D eigenvalue weighted by Crippen LogP contribution is 2.27. The highest BCUT2D eigenvalue weighted by Gasteiger charge is 2.33. The second-order valence-electron chi connectivity index (χ2n) is 4.81. The number of aliphatic hydroxyl groups excluding tert-OH is 1. The van der Waals surface area contributed by atoms with Gasteiger partial charge >= 0.3 is 0 Å². The first kappa shape index (κ1) is 13.0. The van der Waals surface area contributed by atoms with Gasteiger partial charge in [0.2, 0.25) is 0 Å². The monoisotopic (exact) mass is 252 g/mol. The minimum Gasteiger partial charge on any atom is -0.394 e. The molecule has 0 unspecified atom stereocenters. The quantitative estimate of drug-likeness (QED) is 0.859. The van der Waals surface area contributed by atoms with Crippen LogP contribution in [0, 0.1) is 5.82 Å². The van der Waals surface area contributed by atoms with E-state index in [0.29, 0.717) is 0 Å². The summed E-state index contributed by atoms with van der Waals surface area (Å²) in [7, 11) is 0.